The van der Waals surface area contributed by atoms with Gasteiger partial charge in [-0.2, -0.15) is 4.98 Å². The standard InChI is InChI=1S/C11H19N7/c12-5-3-1-2-4-6-14-11-17-8-9(13)15-7-16-10(8)18-11/h7H,1-6,12H2,(H4,13,14,15,16,17,18). The van der Waals surface area contributed by atoms with Crippen LogP contribution in [-0.4, -0.2) is 33.0 Å². The zero-order valence-electron chi connectivity index (χ0n) is 10.3. The van der Waals surface area contributed by atoms with Crippen LogP contribution in [0.3, 0.4) is 0 Å². The Morgan fingerprint density at radius 3 is 2.78 bits per heavy atom. The molecular formula is C11H19N7. The fourth-order valence-electron chi connectivity index (χ4n) is 1.76. The molecule has 2 heterocycles. The van der Waals surface area contributed by atoms with Crippen molar-refractivity contribution in [1.29, 1.82) is 0 Å². The summed E-state index contributed by atoms with van der Waals surface area (Å²) < 4.78 is 0. The largest absolute Gasteiger partial charge is 0.382 e. The Hall–Kier alpha value is -1.89. The van der Waals surface area contributed by atoms with Crippen molar-refractivity contribution >= 4 is 22.9 Å². The van der Waals surface area contributed by atoms with Gasteiger partial charge in [-0.25, -0.2) is 9.97 Å². The van der Waals surface area contributed by atoms with Crippen molar-refractivity contribution in [1.82, 2.24) is 19.9 Å². The predicted octanol–water partition coefficient (Wildman–Crippen LogP) is 0.866. The van der Waals surface area contributed by atoms with Gasteiger partial charge in [0.05, 0.1) is 0 Å². The number of nitrogens with one attached hydrogen (secondary N) is 2. The molecule has 0 fully saturated rings. The van der Waals surface area contributed by atoms with E-state index in [-0.39, 0.29) is 0 Å². The summed E-state index contributed by atoms with van der Waals surface area (Å²) in [5, 5.41) is 3.22. The quantitative estimate of drug-likeness (QED) is 0.540. The number of H-pyrrole nitrogens is 1. The molecule has 7 nitrogen and oxygen atoms in total. The molecule has 7 heteroatoms. The van der Waals surface area contributed by atoms with Gasteiger partial charge in [-0.1, -0.05) is 12.8 Å². The fourth-order valence-corrected chi connectivity index (χ4v) is 1.76. The Morgan fingerprint density at radius 1 is 1.17 bits per heavy atom. The second-order valence-electron chi connectivity index (χ2n) is 4.17. The third-order valence-electron chi connectivity index (χ3n) is 2.74. The van der Waals surface area contributed by atoms with Gasteiger partial charge in [-0.15, -0.1) is 0 Å². The van der Waals surface area contributed by atoms with Crippen molar-refractivity contribution in [3.8, 4) is 0 Å². The molecule has 6 N–H and O–H groups in total. The first-order chi connectivity index (χ1) is 8.81. The summed E-state index contributed by atoms with van der Waals surface area (Å²) in [5.41, 5.74) is 12.4. The van der Waals surface area contributed by atoms with E-state index in [9.17, 15) is 0 Å². The third-order valence-corrected chi connectivity index (χ3v) is 2.74. The first-order valence-corrected chi connectivity index (χ1v) is 6.21. The number of nitrogens with two attached hydrogens (primary N) is 2. The summed E-state index contributed by atoms with van der Waals surface area (Å²) in [6.45, 7) is 1.65. The van der Waals surface area contributed by atoms with Crippen molar-refractivity contribution in [2.75, 3.05) is 24.1 Å². The summed E-state index contributed by atoms with van der Waals surface area (Å²) >= 11 is 0. The Labute approximate surface area is 105 Å². The van der Waals surface area contributed by atoms with E-state index in [4.69, 9.17) is 11.5 Å². The molecule has 0 spiro atoms. The molecule has 0 bridgehead atoms. The number of rotatable bonds is 7. The van der Waals surface area contributed by atoms with Crippen LogP contribution in [-0.2, 0) is 0 Å². The molecule has 0 aliphatic carbocycles. The highest BCUT2D eigenvalue weighted by molar-refractivity contribution is 5.82. The van der Waals surface area contributed by atoms with Gasteiger partial charge >= 0.3 is 0 Å². The van der Waals surface area contributed by atoms with Crippen LogP contribution in [0.2, 0.25) is 0 Å². The normalized spacial score (nSPS) is 10.9. The molecule has 0 amide bonds. The van der Waals surface area contributed by atoms with E-state index in [1.807, 2.05) is 0 Å². The number of nitrogen functional groups attached to an aromatic ring is 1. The number of hydrogen-bond acceptors (Lipinski definition) is 6. The smallest absolute Gasteiger partial charge is 0.202 e. The molecule has 2 rings (SSSR count). The SMILES string of the molecule is NCCCCCCNc1nc2ncnc(N)c2[nH]1. The van der Waals surface area contributed by atoms with E-state index in [1.165, 1.54) is 19.2 Å². The summed E-state index contributed by atoms with van der Waals surface area (Å²) in [5.74, 6) is 1.11. The molecule has 0 aliphatic rings. The van der Waals surface area contributed by atoms with E-state index in [2.05, 4.69) is 25.3 Å². The van der Waals surface area contributed by atoms with Gasteiger partial charge in [0.15, 0.2) is 11.5 Å². The van der Waals surface area contributed by atoms with E-state index >= 15 is 0 Å². The van der Waals surface area contributed by atoms with Crippen molar-refractivity contribution < 1.29 is 0 Å². The Balaban J connectivity index is 1.83. The van der Waals surface area contributed by atoms with Crippen LogP contribution in [0.4, 0.5) is 11.8 Å². The van der Waals surface area contributed by atoms with Crippen LogP contribution in [0.5, 0.6) is 0 Å². The van der Waals surface area contributed by atoms with Crippen molar-refractivity contribution in [3.05, 3.63) is 6.33 Å². The highest BCUT2D eigenvalue weighted by atomic mass is 15.2. The molecule has 98 valence electrons. The Morgan fingerprint density at radius 2 is 2.00 bits per heavy atom. The molecule has 0 aromatic carbocycles. The van der Waals surface area contributed by atoms with Crippen LogP contribution in [0.15, 0.2) is 6.33 Å². The predicted molar refractivity (Wildman–Crippen MR) is 72.1 cm³/mol. The van der Waals surface area contributed by atoms with Crippen molar-refractivity contribution in [3.63, 3.8) is 0 Å². The molecule has 0 saturated heterocycles. The fraction of sp³-hybridized carbons (Fsp3) is 0.545. The van der Waals surface area contributed by atoms with Crippen molar-refractivity contribution in [2.45, 2.75) is 25.7 Å². The maximum absolute atomic E-state index is 5.72. The van der Waals surface area contributed by atoms with Gasteiger partial charge in [0.25, 0.3) is 0 Å². The molecular weight excluding hydrogens is 230 g/mol. The van der Waals surface area contributed by atoms with E-state index in [0.29, 0.717) is 22.9 Å². The van der Waals surface area contributed by atoms with Crippen LogP contribution < -0.4 is 16.8 Å². The first kappa shape index (κ1) is 12.6. The second-order valence-corrected chi connectivity index (χ2v) is 4.17. The minimum absolute atomic E-state index is 0.420. The topological polar surface area (TPSA) is 119 Å². The number of aromatic amines is 1. The number of fused-ring (bicyclic) bond motifs is 1. The molecule has 0 unspecified atom stereocenters. The lowest BCUT2D eigenvalue weighted by Gasteiger charge is -2.01. The monoisotopic (exact) mass is 249 g/mol. The highest BCUT2D eigenvalue weighted by Gasteiger charge is 2.06. The lowest BCUT2D eigenvalue weighted by Crippen LogP contribution is -2.03. The van der Waals surface area contributed by atoms with E-state index in [1.54, 1.807) is 0 Å². The summed E-state index contributed by atoms with van der Waals surface area (Å²) in [6, 6.07) is 0. The zero-order chi connectivity index (χ0) is 12.8. The average molecular weight is 249 g/mol. The Kier molecular flexibility index (Phi) is 4.30. The lowest BCUT2D eigenvalue weighted by atomic mass is 10.2. The summed E-state index contributed by atoms with van der Waals surface area (Å²) in [6.07, 6.45) is 5.95. The van der Waals surface area contributed by atoms with Gasteiger partial charge in [0.1, 0.15) is 11.8 Å². The molecule has 0 radical (unpaired) electrons. The van der Waals surface area contributed by atoms with Crippen LogP contribution in [0.1, 0.15) is 25.7 Å². The number of anilines is 2. The maximum atomic E-state index is 5.72. The van der Waals surface area contributed by atoms with Gasteiger partial charge in [-0.3, -0.25) is 0 Å². The third kappa shape index (κ3) is 3.07. The average Bonchev–Trinajstić information content (AvgIpc) is 2.78. The lowest BCUT2D eigenvalue weighted by molar-refractivity contribution is 0.660. The van der Waals surface area contributed by atoms with Gasteiger partial charge in [0.2, 0.25) is 5.95 Å². The second kappa shape index (κ2) is 6.15. The highest BCUT2D eigenvalue weighted by Crippen LogP contribution is 2.15. The minimum atomic E-state index is 0.420. The van der Waals surface area contributed by atoms with Gasteiger partial charge in [-0.05, 0) is 19.4 Å². The Bertz CT molecular complexity index is 493. The molecule has 18 heavy (non-hydrogen) atoms. The number of aromatic nitrogens is 4. The number of imidazole rings is 1. The number of hydrogen-bond donors (Lipinski definition) is 4. The summed E-state index contributed by atoms with van der Waals surface area (Å²) in [4.78, 5) is 15.3. The molecule has 0 saturated carbocycles. The first-order valence-electron chi connectivity index (χ1n) is 6.21. The molecule has 2 aromatic heterocycles. The number of unbranched alkanes of at least 4 members (excludes halogenated alkanes) is 3. The molecule has 0 atom stereocenters. The molecule has 2 aromatic rings. The van der Waals surface area contributed by atoms with Gasteiger partial charge in [0, 0.05) is 6.54 Å². The van der Waals surface area contributed by atoms with E-state index < -0.39 is 0 Å². The summed E-state index contributed by atoms with van der Waals surface area (Å²) in [7, 11) is 0. The van der Waals surface area contributed by atoms with Crippen LogP contribution >= 0.6 is 0 Å². The minimum Gasteiger partial charge on any atom is -0.382 e. The van der Waals surface area contributed by atoms with Gasteiger partial charge < -0.3 is 21.8 Å². The van der Waals surface area contributed by atoms with Crippen LogP contribution in [0, 0.1) is 0 Å². The van der Waals surface area contributed by atoms with Crippen LogP contribution in [0.25, 0.3) is 11.2 Å². The van der Waals surface area contributed by atoms with Crippen molar-refractivity contribution in [2.24, 2.45) is 5.73 Å². The number of nitrogens with zero attached hydrogens (tertiary/aromatic N) is 3. The molecule has 0 aliphatic heterocycles. The van der Waals surface area contributed by atoms with E-state index in [0.717, 1.165) is 25.9 Å². The maximum Gasteiger partial charge on any atom is 0.202 e. The zero-order valence-corrected chi connectivity index (χ0v) is 10.3.